The van der Waals surface area contributed by atoms with Crippen molar-refractivity contribution in [3.8, 4) is 0 Å². The summed E-state index contributed by atoms with van der Waals surface area (Å²) >= 11 is 0. The first-order valence-electron chi connectivity index (χ1n) is 10.1. The molecule has 1 aliphatic rings. The molecule has 1 fully saturated rings. The van der Waals surface area contributed by atoms with Crippen LogP contribution in [0.15, 0.2) is 53.4 Å². The molecule has 0 saturated heterocycles. The molecular formula is C22H27N3O4S. The van der Waals surface area contributed by atoms with Crippen LogP contribution >= 0.6 is 0 Å². The average molecular weight is 430 g/mol. The van der Waals surface area contributed by atoms with E-state index in [1.54, 1.807) is 18.2 Å². The summed E-state index contributed by atoms with van der Waals surface area (Å²) in [6.45, 7) is 2.11. The van der Waals surface area contributed by atoms with Crippen LogP contribution in [0.2, 0.25) is 0 Å². The minimum Gasteiger partial charge on any atom is -0.353 e. The molecule has 2 aromatic rings. The minimum absolute atomic E-state index is 0.00491. The van der Waals surface area contributed by atoms with Gasteiger partial charge in [0.1, 0.15) is 0 Å². The lowest BCUT2D eigenvalue weighted by Gasteiger charge is -2.12. The van der Waals surface area contributed by atoms with E-state index in [4.69, 9.17) is 0 Å². The highest BCUT2D eigenvalue weighted by atomic mass is 32.2. The highest BCUT2D eigenvalue weighted by Gasteiger charge is 2.18. The fourth-order valence-corrected chi connectivity index (χ4v) is 4.51. The molecule has 8 heteroatoms. The van der Waals surface area contributed by atoms with E-state index in [2.05, 4.69) is 15.4 Å². The third-order valence-electron chi connectivity index (χ3n) is 5.07. The number of sulfonamides is 1. The SMILES string of the molecule is Cc1ccc(NS(=O)(=O)c2cccc(C(=O)NCCC(=O)NC3CCCC3)c2)cc1. The molecule has 30 heavy (non-hydrogen) atoms. The van der Waals surface area contributed by atoms with Gasteiger partial charge in [0.2, 0.25) is 5.91 Å². The van der Waals surface area contributed by atoms with E-state index < -0.39 is 15.9 Å². The quantitative estimate of drug-likeness (QED) is 0.600. The van der Waals surface area contributed by atoms with Crippen molar-refractivity contribution in [1.29, 1.82) is 0 Å². The normalized spacial score (nSPS) is 14.3. The van der Waals surface area contributed by atoms with E-state index in [0.29, 0.717) is 5.69 Å². The lowest BCUT2D eigenvalue weighted by Crippen LogP contribution is -2.35. The van der Waals surface area contributed by atoms with Crippen LogP contribution in [0.5, 0.6) is 0 Å². The van der Waals surface area contributed by atoms with Crippen LogP contribution in [-0.4, -0.2) is 32.8 Å². The number of hydrogen-bond donors (Lipinski definition) is 3. The van der Waals surface area contributed by atoms with Gasteiger partial charge in [0.05, 0.1) is 4.90 Å². The van der Waals surface area contributed by atoms with Gasteiger partial charge in [0.25, 0.3) is 15.9 Å². The predicted molar refractivity (Wildman–Crippen MR) is 116 cm³/mol. The highest BCUT2D eigenvalue weighted by molar-refractivity contribution is 7.92. The number of benzene rings is 2. The van der Waals surface area contributed by atoms with Crippen molar-refractivity contribution < 1.29 is 18.0 Å². The summed E-state index contributed by atoms with van der Waals surface area (Å²) in [7, 11) is -3.82. The third-order valence-corrected chi connectivity index (χ3v) is 6.45. The van der Waals surface area contributed by atoms with Gasteiger partial charge in [-0.25, -0.2) is 8.42 Å². The highest BCUT2D eigenvalue weighted by Crippen LogP contribution is 2.18. The molecule has 0 heterocycles. The maximum absolute atomic E-state index is 12.6. The Kier molecular flexibility index (Phi) is 7.10. The maximum Gasteiger partial charge on any atom is 0.261 e. The molecule has 2 amide bonds. The average Bonchev–Trinajstić information content (AvgIpc) is 3.22. The lowest BCUT2D eigenvalue weighted by molar-refractivity contribution is -0.121. The van der Waals surface area contributed by atoms with Crippen LogP contribution in [0.4, 0.5) is 5.69 Å². The zero-order chi connectivity index (χ0) is 21.6. The summed E-state index contributed by atoms with van der Waals surface area (Å²) in [5.41, 5.74) is 1.69. The Morgan fingerprint density at radius 1 is 1.03 bits per heavy atom. The summed E-state index contributed by atoms with van der Waals surface area (Å²) in [5, 5.41) is 5.64. The molecular weight excluding hydrogens is 402 g/mol. The minimum atomic E-state index is -3.82. The standard InChI is InChI=1S/C22H27N3O4S/c1-16-9-11-19(12-10-16)25-30(28,29)20-8-4-5-17(15-20)22(27)23-14-13-21(26)24-18-6-2-3-7-18/h4-5,8-12,15,18,25H,2-3,6-7,13-14H2,1H3,(H,23,27)(H,24,26). The molecule has 0 aliphatic heterocycles. The topological polar surface area (TPSA) is 104 Å². The van der Waals surface area contributed by atoms with Crippen molar-refractivity contribution in [2.24, 2.45) is 0 Å². The van der Waals surface area contributed by atoms with E-state index in [1.807, 2.05) is 19.1 Å². The van der Waals surface area contributed by atoms with Crippen LogP contribution in [0.25, 0.3) is 0 Å². The Balaban J connectivity index is 1.56. The summed E-state index contributed by atoms with van der Waals surface area (Å²) < 4.78 is 27.8. The number of amides is 2. The molecule has 2 aromatic carbocycles. The summed E-state index contributed by atoms with van der Waals surface area (Å²) in [6, 6.07) is 13.0. The fourth-order valence-electron chi connectivity index (χ4n) is 3.40. The van der Waals surface area contributed by atoms with Gasteiger partial charge in [0, 0.05) is 30.3 Å². The van der Waals surface area contributed by atoms with Gasteiger partial charge < -0.3 is 10.6 Å². The molecule has 1 saturated carbocycles. The number of carbonyl (C=O) groups excluding carboxylic acids is 2. The molecule has 0 bridgehead atoms. The van der Waals surface area contributed by atoms with E-state index in [-0.39, 0.29) is 35.4 Å². The van der Waals surface area contributed by atoms with Crippen molar-refractivity contribution in [3.05, 3.63) is 59.7 Å². The molecule has 0 aromatic heterocycles. The maximum atomic E-state index is 12.6. The first kappa shape index (κ1) is 21.8. The van der Waals surface area contributed by atoms with Crippen LogP contribution in [-0.2, 0) is 14.8 Å². The first-order chi connectivity index (χ1) is 14.3. The lowest BCUT2D eigenvalue weighted by atomic mass is 10.2. The molecule has 0 unspecified atom stereocenters. The second kappa shape index (κ2) is 9.75. The van der Waals surface area contributed by atoms with Gasteiger partial charge >= 0.3 is 0 Å². The molecule has 0 atom stereocenters. The Hall–Kier alpha value is -2.87. The van der Waals surface area contributed by atoms with Gasteiger partial charge in [0.15, 0.2) is 0 Å². The van der Waals surface area contributed by atoms with Crippen molar-refractivity contribution in [2.45, 2.75) is 50.0 Å². The molecule has 1 aliphatic carbocycles. The number of carbonyl (C=O) groups is 2. The summed E-state index contributed by atoms with van der Waals surface area (Å²) in [5.74, 6) is -0.503. The van der Waals surface area contributed by atoms with Gasteiger partial charge in [-0.2, -0.15) is 0 Å². The van der Waals surface area contributed by atoms with E-state index in [1.165, 1.54) is 18.2 Å². The van der Waals surface area contributed by atoms with Gasteiger partial charge in [-0.05, 0) is 50.1 Å². The second-order valence-corrected chi connectivity index (χ2v) is 9.24. The fraction of sp³-hybridized carbons (Fsp3) is 0.364. The second-order valence-electron chi connectivity index (χ2n) is 7.55. The Morgan fingerprint density at radius 3 is 2.43 bits per heavy atom. The van der Waals surface area contributed by atoms with E-state index >= 15 is 0 Å². The number of anilines is 1. The summed E-state index contributed by atoms with van der Waals surface area (Å²) in [6.07, 6.45) is 4.49. The number of aryl methyl sites for hydroxylation is 1. The van der Waals surface area contributed by atoms with Crippen molar-refractivity contribution in [2.75, 3.05) is 11.3 Å². The molecule has 3 N–H and O–H groups in total. The van der Waals surface area contributed by atoms with Gasteiger partial charge in [-0.3, -0.25) is 14.3 Å². The zero-order valence-electron chi connectivity index (χ0n) is 17.0. The van der Waals surface area contributed by atoms with Crippen LogP contribution in [0, 0.1) is 6.92 Å². The molecule has 160 valence electrons. The number of hydrogen-bond acceptors (Lipinski definition) is 4. The van der Waals surface area contributed by atoms with E-state index in [0.717, 1.165) is 31.2 Å². The number of nitrogens with one attached hydrogen (secondary N) is 3. The Bertz CT molecular complexity index is 997. The monoisotopic (exact) mass is 429 g/mol. The molecule has 3 rings (SSSR count). The van der Waals surface area contributed by atoms with Crippen molar-refractivity contribution in [3.63, 3.8) is 0 Å². The van der Waals surface area contributed by atoms with Crippen LogP contribution in [0.3, 0.4) is 0 Å². The zero-order valence-corrected chi connectivity index (χ0v) is 17.8. The summed E-state index contributed by atoms with van der Waals surface area (Å²) in [4.78, 5) is 24.3. The van der Waals surface area contributed by atoms with Crippen LogP contribution in [0.1, 0.15) is 48.0 Å². The Morgan fingerprint density at radius 2 is 1.73 bits per heavy atom. The smallest absolute Gasteiger partial charge is 0.261 e. The van der Waals surface area contributed by atoms with Crippen molar-refractivity contribution in [1.82, 2.24) is 10.6 Å². The predicted octanol–water partition coefficient (Wildman–Crippen LogP) is 2.97. The molecule has 0 radical (unpaired) electrons. The van der Waals surface area contributed by atoms with E-state index in [9.17, 15) is 18.0 Å². The van der Waals surface area contributed by atoms with Crippen LogP contribution < -0.4 is 15.4 Å². The number of rotatable bonds is 8. The Labute approximate surface area is 177 Å². The first-order valence-corrected chi connectivity index (χ1v) is 11.6. The largest absolute Gasteiger partial charge is 0.353 e. The van der Waals surface area contributed by atoms with Gasteiger partial charge in [-0.1, -0.05) is 36.6 Å². The molecule has 0 spiro atoms. The van der Waals surface area contributed by atoms with Gasteiger partial charge in [-0.15, -0.1) is 0 Å². The third kappa shape index (κ3) is 6.06. The van der Waals surface area contributed by atoms with Crippen molar-refractivity contribution >= 4 is 27.5 Å². The molecule has 7 nitrogen and oxygen atoms in total.